The number of amides is 1. The Kier molecular flexibility index (Phi) is 6.28. The van der Waals surface area contributed by atoms with Crippen molar-refractivity contribution in [3.63, 3.8) is 0 Å². The van der Waals surface area contributed by atoms with Gasteiger partial charge >= 0.3 is 5.97 Å². The van der Waals surface area contributed by atoms with Gasteiger partial charge in [-0.2, -0.15) is 0 Å². The van der Waals surface area contributed by atoms with E-state index in [2.05, 4.69) is 21.2 Å². The molecule has 0 aliphatic carbocycles. The smallest absolute Gasteiger partial charge is 0.339 e. The maximum atomic E-state index is 12.1. The highest BCUT2D eigenvalue weighted by atomic mass is 79.9. The Balaban J connectivity index is 1.99. The highest BCUT2D eigenvalue weighted by Crippen LogP contribution is 2.20. The van der Waals surface area contributed by atoms with Crippen LogP contribution in [0.1, 0.15) is 15.9 Å². The molecule has 7 heteroatoms. The Morgan fingerprint density at radius 3 is 2.58 bits per heavy atom. The molecule has 0 aliphatic heterocycles. The normalized spacial score (nSPS) is 11.6. The van der Waals surface area contributed by atoms with Crippen LogP contribution in [0.2, 0.25) is 0 Å². The van der Waals surface area contributed by atoms with Crippen LogP contribution < -0.4 is 5.32 Å². The Morgan fingerprint density at radius 2 is 1.92 bits per heavy atom. The molecule has 5 nitrogen and oxygen atoms in total. The van der Waals surface area contributed by atoms with Gasteiger partial charge in [0.05, 0.1) is 21.3 Å². The first kappa shape index (κ1) is 18.4. The minimum Gasteiger partial charge on any atom is -0.452 e. The summed E-state index contributed by atoms with van der Waals surface area (Å²) in [5.74, 6) is -1.12. The maximum absolute atomic E-state index is 12.1. The van der Waals surface area contributed by atoms with E-state index in [1.54, 1.807) is 30.3 Å². The van der Waals surface area contributed by atoms with E-state index in [0.717, 1.165) is 10.0 Å². The van der Waals surface area contributed by atoms with Crippen LogP contribution in [-0.4, -0.2) is 28.9 Å². The zero-order valence-corrected chi connectivity index (χ0v) is 15.6. The summed E-state index contributed by atoms with van der Waals surface area (Å²) in [5, 5.41) is 2.68. The highest BCUT2D eigenvalue weighted by molar-refractivity contribution is 9.10. The molecule has 0 spiro atoms. The number of aryl methyl sites for hydroxylation is 1. The molecule has 2 rings (SSSR count). The fourth-order valence-corrected chi connectivity index (χ4v) is 3.26. The van der Waals surface area contributed by atoms with Gasteiger partial charge in [-0.3, -0.25) is 9.00 Å². The van der Waals surface area contributed by atoms with Crippen LogP contribution in [0, 0.1) is 6.92 Å². The highest BCUT2D eigenvalue weighted by Gasteiger charge is 2.16. The van der Waals surface area contributed by atoms with Crippen LogP contribution >= 0.6 is 15.9 Å². The second-order valence-corrected chi connectivity index (χ2v) is 7.30. The van der Waals surface area contributed by atoms with Gasteiger partial charge in [-0.1, -0.05) is 28.1 Å². The third-order valence-corrected chi connectivity index (χ3v) is 4.68. The number of hydrogen-bond donors (Lipinski definition) is 1. The Labute approximate surface area is 151 Å². The molecule has 0 saturated carbocycles. The van der Waals surface area contributed by atoms with Gasteiger partial charge < -0.3 is 10.1 Å². The summed E-state index contributed by atoms with van der Waals surface area (Å²) < 4.78 is 17.6. The van der Waals surface area contributed by atoms with Crippen molar-refractivity contribution >= 4 is 44.3 Å². The number of halogens is 1. The summed E-state index contributed by atoms with van der Waals surface area (Å²) in [6.07, 6.45) is 1.48. The molecular weight excluding hydrogens is 394 g/mol. The lowest BCUT2D eigenvalue weighted by Gasteiger charge is -2.10. The minimum atomic E-state index is -1.32. The number of rotatable bonds is 5. The van der Waals surface area contributed by atoms with Gasteiger partial charge in [-0.15, -0.1) is 0 Å². The first-order chi connectivity index (χ1) is 11.4. The molecule has 0 aliphatic rings. The second-order valence-electron chi connectivity index (χ2n) is 5.03. The molecular formula is C17H16BrNO4S. The summed E-state index contributed by atoms with van der Waals surface area (Å²) >= 11 is 3.35. The third-order valence-electron chi connectivity index (χ3n) is 3.21. The van der Waals surface area contributed by atoms with Crippen LogP contribution in [0.25, 0.3) is 0 Å². The van der Waals surface area contributed by atoms with E-state index in [1.165, 1.54) is 12.3 Å². The van der Waals surface area contributed by atoms with Gasteiger partial charge in [0.1, 0.15) is 0 Å². The number of esters is 1. The van der Waals surface area contributed by atoms with E-state index in [4.69, 9.17) is 4.74 Å². The van der Waals surface area contributed by atoms with Crippen molar-refractivity contribution in [1.29, 1.82) is 0 Å². The van der Waals surface area contributed by atoms with E-state index in [0.29, 0.717) is 10.6 Å². The molecule has 2 aromatic rings. The number of carbonyl (C=O) groups excluding carboxylic acids is 2. The molecule has 0 radical (unpaired) electrons. The number of carbonyl (C=O) groups is 2. The van der Waals surface area contributed by atoms with Crippen molar-refractivity contribution in [2.24, 2.45) is 0 Å². The van der Waals surface area contributed by atoms with Crippen molar-refractivity contribution in [3.8, 4) is 0 Å². The number of benzene rings is 2. The summed E-state index contributed by atoms with van der Waals surface area (Å²) in [4.78, 5) is 24.4. The monoisotopic (exact) mass is 409 g/mol. The molecule has 1 atom stereocenters. The predicted molar refractivity (Wildman–Crippen MR) is 96.6 cm³/mol. The van der Waals surface area contributed by atoms with Crippen molar-refractivity contribution in [1.82, 2.24) is 0 Å². The third kappa shape index (κ3) is 4.75. The lowest BCUT2D eigenvalue weighted by Crippen LogP contribution is -2.21. The zero-order chi connectivity index (χ0) is 17.7. The Hall–Kier alpha value is -1.99. The Bertz CT molecular complexity index is 807. The number of hydrogen-bond acceptors (Lipinski definition) is 4. The van der Waals surface area contributed by atoms with Crippen LogP contribution in [0.3, 0.4) is 0 Å². The maximum Gasteiger partial charge on any atom is 0.339 e. The summed E-state index contributed by atoms with van der Waals surface area (Å²) in [5.41, 5.74) is 1.73. The summed E-state index contributed by atoms with van der Waals surface area (Å²) in [6, 6.07) is 11.9. The molecule has 0 heterocycles. The van der Waals surface area contributed by atoms with Gasteiger partial charge in [0, 0.05) is 16.4 Å². The quantitative estimate of drug-likeness (QED) is 0.768. The molecule has 1 N–H and O–H groups in total. The summed E-state index contributed by atoms with van der Waals surface area (Å²) in [6.45, 7) is 1.44. The van der Waals surface area contributed by atoms with Crippen molar-refractivity contribution in [3.05, 3.63) is 58.1 Å². The molecule has 0 aromatic heterocycles. The molecule has 2 aromatic carbocycles. The lowest BCUT2D eigenvalue weighted by molar-refractivity contribution is -0.119. The second kappa shape index (κ2) is 8.21. The minimum absolute atomic E-state index is 0.200. The van der Waals surface area contributed by atoms with Crippen LogP contribution in [-0.2, 0) is 20.3 Å². The van der Waals surface area contributed by atoms with Gasteiger partial charge in [0.2, 0.25) is 0 Å². The van der Waals surface area contributed by atoms with Crippen molar-refractivity contribution in [2.75, 3.05) is 18.2 Å². The van der Waals surface area contributed by atoms with Gasteiger partial charge in [0.25, 0.3) is 5.91 Å². The first-order valence-corrected chi connectivity index (χ1v) is 9.39. The van der Waals surface area contributed by atoms with E-state index in [9.17, 15) is 13.8 Å². The molecule has 0 unspecified atom stereocenters. The first-order valence-electron chi connectivity index (χ1n) is 7.04. The molecule has 0 fully saturated rings. The van der Waals surface area contributed by atoms with Crippen LogP contribution in [0.5, 0.6) is 0 Å². The molecule has 24 heavy (non-hydrogen) atoms. The van der Waals surface area contributed by atoms with Crippen molar-refractivity contribution in [2.45, 2.75) is 11.8 Å². The van der Waals surface area contributed by atoms with Gasteiger partial charge in [-0.05, 0) is 42.8 Å². The fourth-order valence-electron chi connectivity index (χ4n) is 2.05. The molecule has 126 valence electrons. The van der Waals surface area contributed by atoms with Crippen molar-refractivity contribution < 1.29 is 18.5 Å². The van der Waals surface area contributed by atoms with Crippen LogP contribution in [0.4, 0.5) is 5.69 Å². The average molecular weight is 410 g/mol. The Morgan fingerprint density at radius 1 is 1.21 bits per heavy atom. The topological polar surface area (TPSA) is 72.5 Å². The standard InChI is InChI=1S/C17H16BrNO4S/c1-11-9-12(18)7-8-14(11)19-16(20)10-23-17(21)13-5-3-4-6-15(13)24(2)22/h3-9H,10H2,1-2H3,(H,19,20)/t24-/m1/s1. The number of ether oxygens (including phenoxy) is 1. The predicted octanol–water partition coefficient (Wildman–Crippen LogP) is 3.29. The molecule has 0 saturated heterocycles. The van der Waals surface area contributed by atoms with E-state index in [-0.39, 0.29) is 5.56 Å². The van der Waals surface area contributed by atoms with Gasteiger partial charge in [0.15, 0.2) is 6.61 Å². The summed E-state index contributed by atoms with van der Waals surface area (Å²) in [7, 11) is -1.32. The molecule has 1 amide bonds. The SMILES string of the molecule is Cc1cc(Br)ccc1NC(=O)COC(=O)c1ccccc1[S@@](C)=O. The largest absolute Gasteiger partial charge is 0.452 e. The van der Waals surface area contributed by atoms with E-state index in [1.807, 2.05) is 13.0 Å². The number of anilines is 1. The van der Waals surface area contributed by atoms with E-state index < -0.39 is 29.3 Å². The zero-order valence-electron chi connectivity index (χ0n) is 13.2. The molecule has 0 bridgehead atoms. The lowest BCUT2D eigenvalue weighted by atomic mass is 10.2. The van der Waals surface area contributed by atoms with Gasteiger partial charge in [-0.25, -0.2) is 4.79 Å². The van der Waals surface area contributed by atoms with Crippen LogP contribution in [0.15, 0.2) is 51.8 Å². The van der Waals surface area contributed by atoms with E-state index >= 15 is 0 Å². The average Bonchev–Trinajstić information content (AvgIpc) is 2.55. The number of nitrogens with one attached hydrogen (secondary N) is 1. The fraction of sp³-hybridized carbons (Fsp3) is 0.176.